The molecule has 2 aromatic rings. The summed E-state index contributed by atoms with van der Waals surface area (Å²) >= 11 is 0. The number of nitrogens with zero attached hydrogens (tertiary/aromatic N) is 3. The normalized spacial score (nSPS) is 18.0. The molecule has 1 aliphatic rings. The van der Waals surface area contributed by atoms with Gasteiger partial charge in [0.15, 0.2) is 0 Å². The van der Waals surface area contributed by atoms with Gasteiger partial charge in [-0.05, 0) is 43.2 Å². The van der Waals surface area contributed by atoms with Gasteiger partial charge in [0, 0.05) is 24.5 Å². The summed E-state index contributed by atoms with van der Waals surface area (Å²) in [5.41, 5.74) is 0.484. The van der Waals surface area contributed by atoms with E-state index in [4.69, 9.17) is 4.74 Å². The fourth-order valence-electron chi connectivity index (χ4n) is 2.49. The molecule has 6 heteroatoms. The SMILES string of the molecule is O=C(c1ccc(F)cc1)N1CCCC(Oc2ncccn2)C1. The van der Waals surface area contributed by atoms with Crippen molar-refractivity contribution >= 4 is 5.91 Å². The molecule has 0 N–H and O–H groups in total. The van der Waals surface area contributed by atoms with Gasteiger partial charge in [0.25, 0.3) is 5.91 Å². The monoisotopic (exact) mass is 301 g/mol. The second kappa shape index (κ2) is 6.51. The van der Waals surface area contributed by atoms with Crippen molar-refractivity contribution < 1.29 is 13.9 Å². The van der Waals surface area contributed by atoms with Crippen molar-refractivity contribution in [1.82, 2.24) is 14.9 Å². The molecule has 1 unspecified atom stereocenters. The van der Waals surface area contributed by atoms with E-state index in [0.29, 0.717) is 24.7 Å². The van der Waals surface area contributed by atoms with Gasteiger partial charge in [-0.2, -0.15) is 0 Å². The van der Waals surface area contributed by atoms with Crippen LogP contribution < -0.4 is 4.74 Å². The molecule has 1 saturated heterocycles. The van der Waals surface area contributed by atoms with Crippen LogP contribution in [-0.2, 0) is 0 Å². The number of aromatic nitrogens is 2. The maximum Gasteiger partial charge on any atom is 0.316 e. The van der Waals surface area contributed by atoms with Crippen molar-refractivity contribution in [2.45, 2.75) is 18.9 Å². The summed E-state index contributed by atoms with van der Waals surface area (Å²) in [6.45, 7) is 1.15. The average Bonchev–Trinajstić information content (AvgIpc) is 2.56. The Morgan fingerprint density at radius 1 is 1.23 bits per heavy atom. The lowest BCUT2D eigenvalue weighted by atomic mass is 10.1. The van der Waals surface area contributed by atoms with Crippen LogP contribution in [0.2, 0.25) is 0 Å². The lowest BCUT2D eigenvalue weighted by Gasteiger charge is -2.32. The van der Waals surface area contributed by atoms with Crippen LogP contribution in [0.4, 0.5) is 4.39 Å². The number of carbonyl (C=O) groups excluding carboxylic acids is 1. The number of hydrogen-bond donors (Lipinski definition) is 0. The smallest absolute Gasteiger partial charge is 0.316 e. The zero-order chi connectivity index (χ0) is 15.4. The largest absolute Gasteiger partial charge is 0.458 e. The van der Waals surface area contributed by atoms with Crippen molar-refractivity contribution in [3.8, 4) is 6.01 Å². The first-order chi connectivity index (χ1) is 10.7. The highest BCUT2D eigenvalue weighted by molar-refractivity contribution is 5.94. The minimum Gasteiger partial charge on any atom is -0.458 e. The maximum atomic E-state index is 12.9. The van der Waals surface area contributed by atoms with E-state index in [2.05, 4.69) is 9.97 Å². The number of benzene rings is 1. The lowest BCUT2D eigenvalue weighted by molar-refractivity contribution is 0.0516. The highest BCUT2D eigenvalue weighted by atomic mass is 19.1. The molecule has 0 saturated carbocycles. The molecular weight excluding hydrogens is 285 g/mol. The Labute approximate surface area is 127 Å². The van der Waals surface area contributed by atoms with E-state index in [1.807, 2.05) is 0 Å². The van der Waals surface area contributed by atoms with Crippen molar-refractivity contribution in [3.05, 3.63) is 54.1 Å². The molecule has 0 spiro atoms. The first-order valence-electron chi connectivity index (χ1n) is 7.21. The standard InChI is InChI=1S/C16H16FN3O2/c17-13-6-4-12(5-7-13)15(21)20-10-1-3-14(11-20)22-16-18-8-2-9-19-16/h2,4-9,14H,1,3,10-11H2. The molecule has 5 nitrogen and oxygen atoms in total. The Kier molecular flexibility index (Phi) is 4.27. The van der Waals surface area contributed by atoms with Gasteiger partial charge in [0.1, 0.15) is 11.9 Å². The van der Waals surface area contributed by atoms with Crippen molar-refractivity contribution in [2.75, 3.05) is 13.1 Å². The van der Waals surface area contributed by atoms with Gasteiger partial charge in [0.2, 0.25) is 0 Å². The Hall–Kier alpha value is -2.50. The molecule has 22 heavy (non-hydrogen) atoms. The van der Waals surface area contributed by atoms with Gasteiger partial charge in [-0.25, -0.2) is 14.4 Å². The van der Waals surface area contributed by atoms with Crippen molar-refractivity contribution in [3.63, 3.8) is 0 Å². The van der Waals surface area contributed by atoms with Gasteiger partial charge in [-0.1, -0.05) is 0 Å². The summed E-state index contributed by atoms with van der Waals surface area (Å²) in [6, 6.07) is 7.64. The van der Waals surface area contributed by atoms with Crippen molar-refractivity contribution in [2.24, 2.45) is 0 Å². The fraction of sp³-hybridized carbons (Fsp3) is 0.312. The highest BCUT2D eigenvalue weighted by Gasteiger charge is 2.26. The molecule has 1 amide bonds. The molecule has 1 fully saturated rings. The Bertz CT molecular complexity index is 634. The number of halogens is 1. The minimum absolute atomic E-state index is 0.109. The number of piperidine rings is 1. The summed E-state index contributed by atoms with van der Waals surface area (Å²) in [7, 11) is 0. The van der Waals surface area contributed by atoms with Crippen LogP contribution in [0.3, 0.4) is 0 Å². The molecule has 1 atom stereocenters. The lowest BCUT2D eigenvalue weighted by Crippen LogP contribution is -2.44. The number of likely N-dealkylation sites (tertiary alicyclic amines) is 1. The number of hydrogen-bond acceptors (Lipinski definition) is 4. The minimum atomic E-state index is -0.349. The Morgan fingerprint density at radius 2 is 1.95 bits per heavy atom. The Morgan fingerprint density at radius 3 is 2.68 bits per heavy atom. The van der Waals surface area contributed by atoms with E-state index in [-0.39, 0.29) is 17.8 Å². The van der Waals surface area contributed by atoms with Crippen LogP contribution in [0.1, 0.15) is 23.2 Å². The Balaban J connectivity index is 1.65. The van der Waals surface area contributed by atoms with Crippen LogP contribution >= 0.6 is 0 Å². The number of ether oxygens (including phenoxy) is 1. The third-order valence-electron chi connectivity index (χ3n) is 3.57. The molecule has 0 aliphatic carbocycles. The second-order valence-electron chi connectivity index (χ2n) is 5.17. The number of rotatable bonds is 3. The van der Waals surface area contributed by atoms with E-state index < -0.39 is 0 Å². The molecule has 0 radical (unpaired) electrons. The summed E-state index contributed by atoms with van der Waals surface area (Å²) < 4.78 is 18.7. The predicted octanol–water partition coefficient (Wildman–Crippen LogP) is 2.30. The van der Waals surface area contributed by atoms with E-state index in [9.17, 15) is 9.18 Å². The first-order valence-corrected chi connectivity index (χ1v) is 7.21. The van der Waals surface area contributed by atoms with Gasteiger partial charge in [-0.3, -0.25) is 4.79 Å². The molecule has 1 aliphatic heterocycles. The summed E-state index contributed by atoms with van der Waals surface area (Å²) in [5.74, 6) is -0.458. The summed E-state index contributed by atoms with van der Waals surface area (Å²) in [6.07, 6.45) is 4.82. The van der Waals surface area contributed by atoms with E-state index in [1.54, 1.807) is 23.4 Å². The third kappa shape index (κ3) is 3.39. The molecule has 0 bridgehead atoms. The first kappa shape index (κ1) is 14.4. The maximum absolute atomic E-state index is 12.9. The van der Waals surface area contributed by atoms with Crippen LogP contribution in [0.5, 0.6) is 6.01 Å². The van der Waals surface area contributed by atoms with Crippen LogP contribution in [0.15, 0.2) is 42.7 Å². The van der Waals surface area contributed by atoms with Gasteiger partial charge in [-0.15, -0.1) is 0 Å². The van der Waals surface area contributed by atoms with Crippen LogP contribution in [0, 0.1) is 5.82 Å². The van der Waals surface area contributed by atoms with Crippen LogP contribution in [-0.4, -0.2) is 40.0 Å². The van der Waals surface area contributed by atoms with Gasteiger partial charge >= 0.3 is 6.01 Å². The molecule has 1 aromatic carbocycles. The number of carbonyl (C=O) groups is 1. The molecule has 3 rings (SSSR count). The fourth-order valence-corrected chi connectivity index (χ4v) is 2.49. The van der Waals surface area contributed by atoms with E-state index >= 15 is 0 Å². The topological polar surface area (TPSA) is 55.3 Å². The average molecular weight is 301 g/mol. The van der Waals surface area contributed by atoms with E-state index in [0.717, 1.165) is 12.8 Å². The zero-order valence-corrected chi connectivity index (χ0v) is 12.0. The molecule has 114 valence electrons. The summed E-state index contributed by atoms with van der Waals surface area (Å²) in [4.78, 5) is 22.2. The molecular formula is C16H16FN3O2. The quantitative estimate of drug-likeness (QED) is 0.873. The third-order valence-corrected chi connectivity index (χ3v) is 3.57. The summed E-state index contributed by atoms with van der Waals surface area (Å²) in [5, 5.41) is 0. The second-order valence-corrected chi connectivity index (χ2v) is 5.17. The molecule has 2 heterocycles. The van der Waals surface area contributed by atoms with Gasteiger partial charge in [0.05, 0.1) is 6.54 Å². The van der Waals surface area contributed by atoms with Crippen LogP contribution in [0.25, 0.3) is 0 Å². The predicted molar refractivity (Wildman–Crippen MR) is 78.0 cm³/mol. The highest BCUT2D eigenvalue weighted by Crippen LogP contribution is 2.17. The van der Waals surface area contributed by atoms with Gasteiger partial charge < -0.3 is 9.64 Å². The van der Waals surface area contributed by atoms with E-state index in [1.165, 1.54) is 24.3 Å². The number of amides is 1. The van der Waals surface area contributed by atoms with Crippen molar-refractivity contribution in [1.29, 1.82) is 0 Å². The zero-order valence-electron chi connectivity index (χ0n) is 12.0. The molecule has 1 aromatic heterocycles.